The molecule has 0 aromatic heterocycles. The van der Waals surface area contributed by atoms with Crippen molar-refractivity contribution >= 4 is 40.1 Å². The highest BCUT2D eigenvalue weighted by atomic mass is 32.2. The van der Waals surface area contributed by atoms with Crippen LogP contribution in [0.4, 0.5) is 11.4 Å². The van der Waals surface area contributed by atoms with E-state index in [1.807, 2.05) is 65.6 Å². The van der Waals surface area contributed by atoms with Crippen LogP contribution >= 0.6 is 11.8 Å². The maximum atomic E-state index is 13.1. The van der Waals surface area contributed by atoms with Crippen LogP contribution in [0.2, 0.25) is 0 Å². The van der Waals surface area contributed by atoms with Crippen LogP contribution in [0, 0.1) is 0 Å². The zero-order valence-electron chi connectivity index (χ0n) is 15.6. The summed E-state index contributed by atoms with van der Waals surface area (Å²) < 4.78 is 0. The van der Waals surface area contributed by atoms with Crippen molar-refractivity contribution in [3.63, 3.8) is 0 Å². The Bertz CT molecular complexity index is 864. The summed E-state index contributed by atoms with van der Waals surface area (Å²) in [5.74, 6) is -0.140. The van der Waals surface area contributed by atoms with Crippen molar-refractivity contribution in [2.24, 2.45) is 4.99 Å². The van der Waals surface area contributed by atoms with E-state index in [0.717, 1.165) is 42.2 Å². The van der Waals surface area contributed by atoms with Gasteiger partial charge in [0, 0.05) is 18.2 Å². The Morgan fingerprint density at radius 1 is 1.04 bits per heavy atom. The summed E-state index contributed by atoms with van der Waals surface area (Å²) >= 11 is 1.41. The number of hydrogen-bond acceptors (Lipinski definition) is 4. The third-order valence-electron chi connectivity index (χ3n) is 5.07. The molecule has 144 valence electrons. The molecular weight excluding hydrogens is 370 g/mol. The van der Waals surface area contributed by atoms with Crippen molar-refractivity contribution in [3.8, 4) is 0 Å². The zero-order chi connectivity index (χ0) is 19.3. The van der Waals surface area contributed by atoms with Crippen LogP contribution in [0.25, 0.3) is 0 Å². The van der Waals surface area contributed by atoms with Gasteiger partial charge in [0.2, 0.25) is 11.8 Å². The van der Waals surface area contributed by atoms with Gasteiger partial charge in [-0.3, -0.25) is 14.5 Å². The number of para-hydroxylation sites is 2. The molecule has 28 heavy (non-hydrogen) atoms. The van der Waals surface area contributed by atoms with Gasteiger partial charge in [-0.25, -0.2) is 4.99 Å². The Balaban J connectivity index is 1.51. The lowest BCUT2D eigenvalue weighted by molar-refractivity contribution is -0.129. The summed E-state index contributed by atoms with van der Waals surface area (Å²) in [5.41, 5.74) is 1.57. The molecule has 2 aliphatic rings. The Morgan fingerprint density at radius 3 is 2.36 bits per heavy atom. The quantitative estimate of drug-likeness (QED) is 0.808. The van der Waals surface area contributed by atoms with Gasteiger partial charge in [0.15, 0.2) is 5.17 Å². The molecule has 0 radical (unpaired) electrons. The lowest BCUT2D eigenvalue weighted by atomic mass is 10.2. The summed E-state index contributed by atoms with van der Waals surface area (Å²) in [5, 5.41) is 3.17. The van der Waals surface area contributed by atoms with E-state index in [9.17, 15) is 9.59 Å². The zero-order valence-corrected chi connectivity index (χ0v) is 16.4. The minimum atomic E-state index is -0.424. The SMILES string of the molecule is O=C(CC1SC(=Nc2ccccc2)N(C2CCCC2)C1=O)Nc1ccccc1. The standard InChI is InChI=1S/C22H23N3O2S/c26-20(23-16-9-3-1-4-10-16)15-19-21(27)25(18-13-7-8-14-18)22(28-19)24-17-11-5-2-6-12-17/h1-6,9-12,18-19H,7-8,13-15H2,(H,23,26). The number of carbonyl (C=O) groups is 2. The second kappa shape index (κ2) is 8.61. The third kappa shape index (κ3) is 4.28. The topological polar surface area (TPSA) is 61.8 Å². The van der Waals surface area contributed by atoms with Gasteiger partial charge in [-0.15, -0.1) is 0 Å². The van der Waals surface area contributed by atoms with E-state index >= 15 is 0 Å². The minimum Gasteiger partial charge on any atom is -0.326 e. The van der Waals surface area contributed by atoms with Crippen molar-refractivity contribution in [2.75, 3.05) is 5.32 Å². The minimum absolute atomic E-state index is 0.00907. The second-order valence-corrected chi connectivity index (χ2v) is 8.27. The molecule has 1 N–H and O–H groups in total. The number of nitrogens with one attached hydrogen (secondary N) is 1. The van der Waals surface area contributed by atoms with E-state index in [4.69, 9.17) is 4.99 Å². The smallest absolute Gasteiger partial charge is 0.242 e. The predicted octanol–water partition coefficient (Wildman–Crippen LogP) is 4.59. The number of amidine groups is 1. The number of aliphatic imine (C=N–C) groups is 1. The molecule has 5 nitrogen and oxygen atoms in total. The number of hydrogen-bond donors (Lipinski definition) is 1. The van der Waals surface area contributed by atoms with Crippen LogP contribution in [-0.4, -0.2) is 33.2 Å². The van der Waals surface area contributed by atoms with E-state index in [0.29, 0.717) is 0 Å². The van der Waals surface area contributed by atoms with Crippen LogP contribution in [0.1, 0.15) is 32.1 Å². The molecule has 6 heteroatoms. The fourth-order valence-corrected chi connectivity index (χ4v) is 4.92. The van der Waals surface area contributed by atoms with Crippen molar-refractivity contribution in [1.29, 1.82) is 0 Å². The fourth-order valence-electron chi connectivity index (χ4n) is 3.71. The summed E-state index contributed by atoms with van der Waals surface area (Å²) in [6, 6.07) is 19.2. The molecule has 1 heterocycles. The fraction of sp³-hybridized carbons (Fsp3) is 0.318. The van der Waals surface area contributed by atoms with Crippen LogP contribution in [-0.2, 0) is 9.59 Å². The number of nitrogens with zero attached hydrogens (tertiary/aromatic N) is 2. The molecule has 1 aliphatic carbocycles. The van der Waals surface area contributed by atoms with E-state index in [2.05, 4.69) is 5.32 Å². The molecule has 2 aromatic carbocycles. The maximum Gasteiger partial charge on any atom is 0.242 e. The summed E-state index contributed by atoms with van der Waals surface area (Å²) in [4.78, 5) is 32.2. The van der Waals surface area contributed by atoms with Crippen molar-refractivity contribution in [3.05, 3.63) is 60.7 Å². The predicted molar refractivity (Wildman–Crippen MR) is 114 cm³/mol. The molecule has 1 aliphatic heterocycles. The van der Waals surface area contributed by atoms with Gasteiger partial charge in [0.25, 0.3) is 0 Å². The maximum absolute atomic E-state index is 13.1. The third-order valence-corrected chi connectivity index (χ3v) is 6.22. The van der Waals surface area contributed by atoms with Gasteiger partial charge >= 0.3 is 0 Å². The first-order valence-corrected chi connectivity index (χ1v) is 10.6. The van der Waals surface area contributed by atoms with Crippen molar-refractivity contribution in [2.45, 2.75) is 43.4 Å². The highest BCUT2D eigenvalue weighted by Crippen LogP contribution is 2.37. The van der Waals surface area contributed by atoms with Gasteiger partial charge in [0.05, 0.1) is 5.69 Å². The van der Waals surface area contributed by atoms with Crippen LogP contribution in [0.3, 0.4) is 0 Å². The molecule has 2 fully saturated rings. The highest BCUT2D eigenvalue weighted by molar-refractivity contribution is 8.15. The van der Waals surface area contributed by atoms with Crippen LogP contribution in [0.15, 0.2) is 65.7 Å². The average Bonchev–Trinajstić information content (AvgIpc) is 3.32. The largest absolute Gasteiger partial charge is 0.326 e. The van der Waals surface area contributed by atoms with E-state index in [1.54, 1.807) is 0 Å². The molecule has 1 saturated carbocycles. The molecule has 0 spiro atoms. The van der Waals surface area contributed by atoms with Crippen LogP contribution in [0.5, 0.6) is 0 Å². The first-order chi connectivity index (χ1) is 13.7. The first kappa shape index (κ1) is 18.7. The van der Waals surface area contributed by atoms with Crippen molar-refractivity contribution in [1.82, 2.24) is 4.90 Å². The first-order valence-electron chi connectivity index (χ1n) is 9.69. The number of amides is 2. The monoisotopic (exact) mass is 393 g/mol. The Hall–Kier alpha value is -2.60. The van der Waals surface area contributed by atoms with Gasteiger partial charge in [-0.2, -0.15) is 0 Å². The lowest BCUT2D eigenvalue weighted by Crippen LogP contribution is -2.40. The molecular formula is C22H23N3O2S. The molecule has 2 amide bonds. The molecule has 2 aromatic rings. The molecule has 1 saturated heterocycles. The molecule has 0 bridgehead atoms. The molecule has 4 rings (SSSR count). The molecule has 1 unspecified atom stereocenters. The Labute approximate surface area is 169 Å². The second-order valence-electron chi connectivity index (χ2n) is 7.10. The van der Waals surface area contributed by atoms with Crippen LogP contribution < -0.4 is 5.32 Å². The summed E-state index contributed by atoms with van der Waals surface area (Å²) in [7, 11) is 0. The normalized spacial score (nSPS) is 21.4. The van der Waals surface area contributed by atoms with Gasteiger partial charge in [0.1, 0.15) is 5.25 Å². The van der Waals surface area contributed by atoms with E-state index in [1.165, 1.54) is 11.8 Å². The number of anilines is 1. The summed E-state index contributed by atoms with van der Waals surface area (Å²) in [6.07, 6.45) is 4.43. The lowest BCUT2D eigenvalue weighted by Gasteiger charge is -2.23. The van der Waals surface area contributed by atoms with Gasteiger partial charge < -0.3 is 5.32 Å². The van der Waals surface area contributed by atoms with E-state index < -0.39 is 5.25 Å². The van der Waals surface area contributed by atoms with Gasteiger partial charge in [-0.1, -0.05) is 61.0 Å². The Kier molecular flexibility index (Phi) is 5.76. The van der Waals surface area contributed by atoms with E-state index in [-0.39, 0.29) is 24.3 Å². The number of thioether (sulfide) groups is 1. The number of benzene rings is 2. The van der Waals surface area contributed by atoms with Gasteiger partial charge in [-0.05, 0) is 37.1 Å². The average molecular weight is 394 g/mol. The Morgan fingerprint density at radius 2 is 1.68 bits per heavy atom. The number of rotatable bonds is 5. The molecule has 1 atom stereocenters. The highest BCUT2D eigenvalue weighted by Gasteiger charge is 2.43. The summed E-state index contributed by atoms with van der Waals surface area (Å²) in [6.45, 7) is 0. The number of carbonyl (C=O) groups excluding carboxylic acids is 2. The van der Waals surface area contributed by atoms with Crippen molar-refractivity contribution < 1.29 is 9.59 Å².